The van der Waals surface area contributed by atoms with Crippen LogP contribution in [0.2, 0.25) is 0 Å². The molecule has 1 fully saturated rings. The molecule has 1 aliphatic carbocycles. The molecule has 0 amide bonds. The van der Waals surface area contributed by atoms with Crippen molar-refractivity contribution in [1.82, 2.24) is 0 Å². The van der Waals surface area contributed by atoms with Crippen LogP contribution < -0.4 is 5.73 Å². The topological polar surface area (TPSA) is 26.0 Å². The number of rotatable bonds is 5. The maximum atomic E-state index is 6.30. The maximum Gasteiger partial charge on any atom is 0.0107 e. The Morgan fingerprint density at radius 3 is 2.16 bits per heavy atom. The zero-order chi connectivity index (χ0) is 14.0. The molecule has 106 valence electrons. The fraction of sp³-hybridized carbons (Fsp3) is 0.667. The van der Waals surface area contributed by atoms with E-state index in [2.05, 4.69) is 52.0 Å². The van der Waals surface area contributed by atoms with Crippen LogP contribution in [-0.2, 0) is 6.42 Å². The molecule has 0 radical (unpaired) electrons. The number of hydrogen-bond donors (Lipinski definition) is 1. The first-order chi connectivity index (χ1) is 9.03. The van der Waals surface area contributed by atoms with Gasteiger partial charge in [0, 0.05) is 6.04 Å². The Bertz CT molecular complexity index is 400. The molecule has 2 N–H and O–H groups in total. The van der Waals surface area contributed by atoms with Gasteiger partial charge in [0.25, 0.3) is 0 Å². The first-order valence-electron chi connectivity index (χ1n) is 7.88. The quantitative estimate of drug-likeness (QED) is 0.827. The Morgan fingerprint density at radius 2 is 1.74 bits per heavy atom. The lowest BCUT2D eigenvalue weighted by molar-refractivity contribution is 0.0438. The van der Waals surface area contributed by atoms with Gasteiger partial charge in [-0.1, -0.05) is 52.0 Å². The fourth-order valence-electron chi connectivity index (χ4n) is 3.91. The van der Waals surface area contributed by atoms with E-state index in [1.807, 2.05) is 0 Å². The summed E-state index contributed by atoms with van der Waals surface area (Å²) in [6, 6.07) is 9.70. The zero-order valence-corrected chi connectivity index (χ0v) is 12.9. The van der Waals surface area contributed by atoms with E-state index in [0.29, 0.717) is 17.4 Å². The highest BCUT2D eigenvalue weighted by Crippen LogP contribution is 2.56. The Labute approximate surface area is 118 Å². The molecule has 0 aromatic heterocycles. The number of nitrogens with two attached hydrogens (primary N) is 1. The largest absolute Gasteiger partial charge is 0.327 e. The third-order valence-electron chi connectivity index (χ3n) is 5.26. The number of hydrogen-bond acceptors (Lipinski definition) is 1. The van der Waals surface area contributed by atoms with E-state index in [9.17, 15) is 0 Å². The van der Waals surface area contributed by atoms with E-state index in [1.54, 1.807) is 0 Å². The van der Waals surface area contributed by atoms with Crippen molar-refractivity contribution in [2.75, 3.05) is 0 Å². The summed E-state index contributed by atoms with van der Waals surface area (Å²) < 4.78 is 0. The second-order valence-corrected chi connectivity index (χ2v) is 6.67. The summed E-state index contributed by atoms with van der Waals surface area (Å²) in [5.41, 5.74) is 9.61. The van der Waals surface area contributed by atoms with Gasteiger partial charge in [-0.05, 0) is 54.1 Å². The SMILES string of the molecule is CCC1(CC)C(N)CC1c1ccc(CC(C)C)cc1. The molecule has 1 aromatic carbocycles. The Kier molecular flexibility index (Phi) is 4.35. The molecule has 1 aromatic rings. The summed E-state index contributed by atoms with van der Waals surface area (Å²) in [5, 5.41) is 0. The van der Waals surface area contributed by atoms with Crippen molar-refractivity contribution in [3.63, 3.8) is 0 Å². The molecule has 2 rings (SSSR count). The van der Waals surface area contributed by atoms with E-state index in [0.717, 1.165) is 12.3 Å². The Balaban J connectivity index is 2.15. The van der Waals surface area contributed by atoms with Gasteiger partial charge in [-0.25, -0.2) is 0 Å². The van der Waals surface area contributed by atoms with Crippen LogP contribution in [0.5, 0.6) is 0 Å². The van der Waals surface area contributed by atoms with Crippen LogP contribution in [0.4, 0.5) is 0 Å². The molecule has 1 heteroatoms. The molecule has 0 bridgehead atoms. The smallest absolute Gasteiger partial charge is 0.0107 e. The van der Waals surface area contributed by atoms with Gasteiger partial charge in [0.05, 0.1) is 0 Å². The third kappa shape index (κ3) is 2.58. The second-order valence-electron chi connectivity index (χ2n) is 6.67. The lowest BCUT2D eigenvalue weighted by Crippen LogP contribution is -2.55. The summed E-state index contributed by atoms with van der Waals surface area (Å²) in [6.07, 6.45) is 4.73. The monoisotopic (exact) mass is 259 g/mol. The molecule has 0 heterocycles. The molecule has 0 spiro atoms. The highest BCUT2D eigenvalue weighted by molar-refractivity contribution is 5.31. The average Bonchev–Trinajstić information content (AvgIpc) is 2.38. The third-order valence-corrected chi connectivity index (χ3v) is 5.26. The van der Waals surface area contributed by atoms with Crippen molar-refractivity contribution >= 4 is 0 Å². The summed E-state index contributed by atoms with van der Waals surface area (Å²) in [4.78, 5) is 0. The summed E-state index contributed by atoms with van der Waals surface area (Å²) in [7, 11) is 0. The van der Waals surface area contributed by atoms with Gasteiger partial charge < -0.3 is 5.73 Å². The first kappa shape index (κ1) is 14.6. The highest BCUT2D eigenvalue weighted by Gasteiger charge is 2.50. The van der Waals surface area contributed by atoms with E-state index in [4.69, 9.17) is 5.73 Å². The van der Waals surface area contributed by atoms with Crippen LogP contribution in [0.1, 0.15) is 64.0 Å². The lowest BCUT2D eigenvalue weighted by Gasteiger charge is -2.55. The predicted octanol–water partition coefficient (Wildman–Crippen LogP) is 4.51. The maximum absolute atomic E-state index is 6.30. The summed E-state index contributed by atoms with van der Waals surface area (Å²) >= 11 is 0. The van der Waals surface area contributed by atoms with Crippen molar-refractivity contribution in [2.45, 2.75) is 65.3 Å². The van der Waals surface area contributed by atoms with Crippen LogP contribution in [0.15, 0.2) is 24.3 Å². The van der Waals surface area contributed by atoms with Gasteiger partial charge in [0.1, 0.15) is 0 Å². The van der Waals surface area contributed by atoms with E-state index in [-0.39, 0.29) is 0 Å². The van der Waals surface area contributed by atoms with Crippen LogP contribution in [-0.4, -0.2) is 6.04 Å². The van der Waals surface area contributed by atoms with Gasteiger partial charge in [-0.2, -0.15) is 0 Å². The van der Waals surface area contributed by atoms with Crippen LogP contribution in [0.3, 0.4) is 0 Å². The van der Waals surface area contributed by atoms with Gasteiger partial charge in [0.15, 0.2) is 0 Å². The van der Waals surface area contributed by atoms with Crippen molar-refractivity contribution in [3.05, 3.63) is 35.4 Å². The second kappa shape index (κ2) is 5.66. The molecule has 0 saturated heterocycles. The zero-order valence-electron chi connectivity index (χ0n) is 12.9. The predicted molar refractivity (Wildman–Crippen MR) is 83.3 cm³/mol. The molecule has 0 aliphatic heterocycles. The molecule has 2 atom stereocenters. The summed E-state index contributed by atoms with van der Waals surface area (Å²) in [5.74, 6) is 1.40. The minimum absolute atomic E-state index is 0.347. The number of benzene rings is 1. The van der Waals surface area contributed by atoms with Crippen LogP contribution in [0, 0.1) is 11.3 Å². The normalized spacial score (nSPS) is 25.4. The van der Waals surface area contributed by atoms with E-state index < -0.39 is 0 Å². The van der Waals surface area contributed by atoms with Crippen molar-refractivity contribution < 1.29 is 0 Å². The summed E-state index contributed by atoms with van der Waals surface area (Å²) in [6.45, 7) is 9.14. The molecule has 19 heavy (non-hydrogen) atoms. The average molecular weight is 259 g/mol. The lowest BCUT2D eigenvalue weighted by atomic mass is 9.52. The Morgan fingerprint density at radius 1 is 1.16 bits per heavy atom. The van der Waals surface area contributed by atoms with Crippen molar-refractivity contribution in [3.8, 4) is 0 Å². The van der Waals surface area contributed by atoms with Gasteiger partial charge in [0.2, 0.25) is 0 Å². The minimum Gasteiger partial charge on any atom is -0.327 e. The van der Waals surface area contributed by atoms with Gasteiger partial charge in [-0.3, -0.25) is 0 Å². The van der Waals surface area contributed by atoms with Crippen LogP contribution >= 0.6 is 0 Å². The van der Waals surface area contributed by atoms with E-state index >= 15 is 0 Å². The Hall–Kier alpha value is -0.820. The minimum atomic E-state index is 0.347. The van der Waals surface area contributed by atoms with Crippen LogP contribution in [0.25, 0.3) is 0 Å². The van der Waals surface area contributed by atoms with Gasteiger partial charge in [-0.15, -0.1) is 0 Å². The van der Waals surface area contributed by atoms with E-state index in [1.165, 1.54) is 30.4 Å². The fourth-order valence-corrected chi connectivity index (χ4v) is 3.91. The van der Waals surface area contributed by atoms with Gasteiger partial charge >= 0.3 is 0 Å². The molecule has 2 unspecified atom stereocenters. The molecule has 1 nitrogen and oxygen atoms in total. The molecular formula is C18H29N. The standard InChI is InChI=1S/C18H29N/c1-5-18(6-2)16(12-17(18)19)15-9-7-14(8-10-15)11-13(3)4/h7-10,13,16-17H,5-6,11-12,19H2,1-4H3. The highest BCUT2D eigenvalue weighted by atomic mass is 14.8. The van der Waals surface area contributed by atoms with Crippen molar-refractivity contribution in [1.29, 1.82) is 0 Å². The van der Waals surface area contributed by atoms with Crippen molar-refractivity contribution in [2.24, 2.45) is 17.1 Å². The molecule has 1 saturated carbocycles. The first-order valence-corrected chi connectivity index (χ1v) is 7.88. The molecular weight excluding hydrogens is 230 g/mol. The molecule has 1 aliphatic rings.